The lowest BCUT2D eigenvalue weighted by molar-refractivity contribution is 0.430. The van der Waals surface area contributed by atoms with Crippen molar-refractivity contribution < 1.29 is 17.3 Å². The average Bonchev–Trinajstić information content (AvgIpc) is 2.65. The van der Waals surface area contributed by atoms with Crippen molar-refractivity contribution in [2.45, 2.75) is 18.7 Å². The summed E-state index contributed by atoms with van der Waals surface area (Å²) >= 11 is 5.69. The maximum Gasteiger partial charge on any atom is 0.267 e. The summed E-state index contributed by atoms with van der Waals surface area (Å²) in [5, 5.41) is 3.61. The van der Waals surface area contributed by atoms with E-state index in [9.17, 15) is 12.8 Å². The van der Waals surface area contributed by atoms with Crippen LogP contribution in [0.15, 0.2) is 21.6 Å². The number of nitrogens with two attached hydrogens (primary N) is 1. The molecular weight excluding hydrogens is 309 g/mol. The van der Waals surface area contributed by atoms with E-state index in [-0.39, 0.29) is 16.6 Å². The number of anilines is 2. The quantitative estimate of drug-likeness (QED) is 0.847. The fraction of sp³-hybridized carbons (Fsp3) is 0.182. The van der Waals surface area contributed by atoms with Crippen molar-refractivity contribution in [3.63, 3.8) is 0 Å². The molecule has 0 bridgehead atoms. The number of nitrogens with one attached hydrogen (secondary N) is 1. The second-order valence-corrected chi connectivity index (χ2v) is 6.22. The van der Waals surface area contributed by atoms with E-state index in [4.69, 9.17) is 21.9 Å². The van der Waals surface area contributed by atoms with E-state index >= 15 is 0 Å². The van der Waals surface area contributed by atoms with Crippen molar-refractivity contribution in [2.24, 2.45) is 0 Å². The highest BCUT2D eigenvalue weighted by Crippen LogP contribution is 2.28. The summed E-state index contributed by atoms with van der Waals surface area (Å²) in [7, 11) is -4.22. The third-order valence-electron chi connectivity index (χ3n) is 2.71. The maximum atomic E-state index is 13.8. The average molecular weight is 320 g/mol. The fourth-order valence-electron chi connectivity index (χ4n) is 1.47. The van der Waals surface area contributed by atoms with Gasteiger partial charge in [-0.1, -0.05) is 16.8 Å². The number of hydrogen-bond acceptors (Lipinski definition) is 5. The summed E-state index contributed by atoms with van der Waals surface area (Å²) in [6, 6.07) is 2.09. The van der Waals surface area contributed by atoms with Crippen molar-refractivity contribution in [3.8, 4) is 0 Å². The number of benzene rings is 1. The topological polar surface area (TPSA) is 98.2 Å². The normalized spacial score (nSPS) is 11.6. The first kappa shape index (κ1) is 14.6. The Hall–Kier alpha value is -1.80. The van der Waals surface area contributed by atoms with Gasteiger partial charge in [-0.2, -0.15) is 0 Å². The summed E-state index contributed by atoms with van der Waals surface area (Å²) < 4.78 is 45.0. The van der Waals surface area contributed by atoms with Crippen molar-refractivity contribution in [3.05, 3.63) is 34.2 Å². The number of halogens is 2. The molecule has 1 aromatic heterocycles. The van der Waals surface area contributed by atoms with Gasteiger partial charge < -0.3 is 10.3 Å². The van der Waals surface area contributed by atoms with Gasteiger partial charge in [0.05, 0.1) is 11.4 Å². The van der Waals surface area contributed by atoms with Gasteiger partial charge in [-0.05, 0) is 26.0 Å². The van der Waals surface area contributed by atoms with Crippen LogP contribution < -0.4 is 10.5 Å². The second kappa shape index (κ2) is 4.95. The highest BCUT2D eigenvalue weighted by molar-refractivity contribution is 7.92. The van der Waals surface area contributed by atoms with Crippen molar-refractivity contribution >= 4 is 33.2 Å². The number of nitrogen functional groups attached to an aromatic ring is 1. The number of rotatable bonds is 3. The van der Waals surface area contributed by atoms with E-state index in [1.807, 2.05) is 0 Å². The zero-order valence-electron chi connectivity index (χ0n) is 10.6. The molecule has 0 saturated carbocycles. The van der Waals surface area contributed by atoms with Gasteiger partial charge in [-0.15, -0.1) is 0 Å². The smallest absolute Gasteiger partial charge is 0.267 e. The van der Waals surface area contributed by atoms with Gasteiger partial charge in [0, 0.05) is 10.6 Å². The van der Waals surface area contributed by atoms with E-state index in [1.165, 1.54) is 0 Å². The first-order valence-electron chi connectivity index (χ1n) is 5.42. The van der Waals surface area contributed by atoms with Crippen LogP contribution in [0.5, 0.6) is 0 Å². The molecule has 0 saturated heterocycles. The van der Waals surface area contributed by atoms with Crippen LogP contribution in [0, 0.1) is 19.7 Å². The van der Waals surface area contributed by atoms with Crippen molar-refractivity contribution in [1.82, 2.24) is 5.16 Å². The SMILES string of the molecule is Cc1noc(NS(=O)(=O)c2cc(Cl)cc(N)c2F)c1C. The Labute approximate surface area is 119 Å². The van der Waals surface area contributed by atoms with Gasteiger partial charge in [-0.3, -0.25) is 0 Å². The second-order valence-electron chi connectivity index (χ2n) is 4.13. The minimum atomic E-state index is -4.22. The molecule has 108 valence electrons. The third kappa shape index (κ3) is 2.56. The minimum Gasteiger partial charge on any atom is -0.396 e. The molecule has 2 aromatic rings. The minimum absolute atomic E-state index is 0.00903. The summed E-state index contributed by atoms with van der Waals surface area (Å²) in [5.41, 5.74) is 6.03. The Morgan fingerprint density at radius 2 is 2.05 bits per heavy atom. The molecular formula is C11H11ClFN3O3S. The van der Waals surface area contributed by atoms with Crippen LogP contribution in [0.3, 0.4) is 0 Å². The van der Waals surface area contributed by atoms with E-state index in [0.29, 0.717) is 11.3 Å². The van der Waals surface area contributed by atoms with Crippen molar-refractivity contribution in [2.75, 3.05) is 10.5 Å². The number of nitrogens with zero attached hydrogens (tertiary/aromatic N) is 1. The largest absolute Gasteiger partial charge is 0.396 e. The van der Waals surface area contributed by atoms with E-state index in [1.54, 1.807) is 13.8 Å². The molecule has 0 aliphatic carbocycles. The summed E-state index contributed by atoms with van der Waals surface area (Å²) in [6.07, 6.45) is 0. The zero-order chi connectivity index (χ0) is 15.1. The predicted molar refractivity (Wildman–Crippen MR) is 72.6 cm³/mol. The standard InChI is InChI=1S/C11H11ClFN3O3S/c1-5-6(2)15-19-11(5)16-20(17,18)9-4-7(12)3-8(14)10(9)13/h3-4,16H,14H2,1-2H3. The van der Waals surface area contributed by atoms with Gasteiger partial charge in [0.25, 0.3) is 10.0 Å². The summed E-state index contributed by atoms with van der Waals surface area (Å²) in [4.78, 5) is -0.657. The van der Waals surface area contributed by atoms with Crippen LogP contribution >= 0.6 is 11.6 Å². The van der Waals surface area contributed by atoms with Crippen LogP contribution in [0.25, 0.3) is 0 Å². The molecule has 3 N–H and O–H groups in total. The molecule has 6 nitrogen and oxygen atoms in total. The molecule has 20 heavy (non-hydrogen) atoms. The molecule has 0 atom stereocenters. The highest BCUT2D eigenvalue weighted by Gasteiger charge is 2.24. The first-order chi connectivity index (χ1) is 9.22. The lowest BCUT2D eigenvalue weighted by Crippen LogP contribution is -2.15. The zero-order valence-corrected chi connectivity index (χ0v) is 12.1. The Bertz CT molecular complexity index is 773. The van der Waals surface area contributed by atoms with E-state index in [2.05, 4.69) is 9.88 Å². The monoisotopic (exact) mass is 319 g/mol. The van der Waals surface area contributed by atoms with Crippen molar-refractivity contribution in [1.29, 1.82) is 0 Å². The van der Waals surface area contributed by atoms with Gasteiger partial charge in [0.15, 0.2) is 5.82 Å². The number of sulfonamides is 1. The van der Waals surface area contributed by atoms with Gasteiger partial charge >= 0.3 is 0 Å². The Morgan fingerprint density at radius 3 is 2.60 bits per heavy atom. The molecule has 9 heteroatoms. The molecule has 0 radical (unpaired) electrons. The number of hydrogen-bond donors (Lipinski definition) is 2. The lowest BCUT2D eigenvalue weighted by Gasteiger charge is -2.08. The van der Waals surface area contributed by atoms with Gasteiger partial charge in [0.1, 0.15) is 4.90 Å². The molecule has 0 fully saturated rings. The molecule has 0 spiro atoms. The van der Waals surface area contributed by atoms with Gasteiger partial charge in [0.2, 0.25) is 5.88 Å². The van der Waals surface area contributed by atoms with Crippen LogP contribution in [0.1, 0.15) is 11.3 Å². The number of aryl methyl sites for hydroxylation is 1. The molecule has 0 unspecified atom stereocenters. The third-order valence-corrected chi connectivity index (χ3v) is 4.25. The Morgan fingerprint density at radius 1 is 1.40 bits per heavy atom. The molecule has 1 aromatic carbocycles. The molecule has 1 heterocycles. The predicted octanol–water partition coefficient (Wildman–Crippen LogP) is 2.47. The van der Waals surface area contributed by atoms with E-state index in [0.717, 1.165) is 12.1 Å². The molecule has 0 amide bonds. The maximum absolute atomic E-state index is 13.8. The summed E-state index contributed by atoms with van der Waals surface area (Å²) in [5.74, 6) is -1.16. The fourth-order valence-corrected chi connectivity index (χ4v) is 2.94. The first-order valence-corrected chi connectivity index (χ1v) is 7.28. The molecule has 2 rings (SSSR count). The summed E-state index contributed by atoms with van der Waals surface area (Å²) in [6.45, 7) is 3.26. The molecule has 0 aliphatic heterocycles. The van der Waals surface area contributed by atoms with Crippen LogP contribution in [-0.4, -0.2) is 13.6 Å². The Kier molecular flexibility index (Phi) is 3.61. The lowest BCUT2D eigenvalue weighted by atomic mass is 10.3. The van der Waals surface area contributed by atoms with Crippen LogP contribution in [-0.2, 0) is 10.0 Å². The number of aromatic nitrogens is 1. The Balaban J connectivity index is 2.49. The van der Waals surface area contributed by atoms with Crippen LogP contribution in [0.2, 0.25) is 5.02 Å². The molecule has 0 aliphatic rings. The highest BCUT2D eigenvalue weighted by atomic mass is 35.5. The van der Waals surface area contributed by atoms with Gasteiger partial charge in [-0.25, -0.2) is 17.5 Å². The van der Waals surface area contributed by atoms with Crippen LogP contribution in [0.4, 0.5) is 16.0 Å². The van der Waals surface area contributed by atoms with E-state index < -0.39 is 20.7 Å².